The van der Waals surface area contributed by atoms with Crippen LogP contribution < -0.4 is 0 Å². The summed E-state index contributed by atoms with van der Waals surface area (Å²) in [6.45, 7) is 0.364. The largest absolute Gasteiger partial charge is 0.476 e. The van der Waals surface area contributed by atoms with Crippen molar-refractivity contribution in [1.82, 2.24) is 9.78 Å². The molecule has 5 nitrogen and oxygen atoms in total. The van der Waals surface area contributed by atoms with Crippen LogP contribution in [-0.2, 0) is 11.3 Å². The molecule has 2 aromatic carbocycles. The van der Waals surface area contributed by atoms with Gasteiger partial charge in [0.15, 0.2) is 5.69 Å². The van der Waals surface area contributed by atoms with Gasteiger partial charge in [0.2, 0.25) is 0 Å². The van der Waals surface area contributed by atoms with Crippen LogP contribution in [0, 0.1) is 5.82 Å². The minimum Gasteiger partial charge on any atom is -0.476 e. The number of ether oxygens (including phenoxy) is 1. The second-order valence-corrected chi connectivity index (χ2v) is 7.05. The molecular weight excluding hydrogens is 406 g/mol. The summed E-state index contributed by atoms with van der Waals surface area (Å²) in [6.07, 6.45) is 1.81. The topological polar surface area (TPSA) is 64.3 Å². The molecule has 0 atom stereocenters. The van der Waals surface area contributed by atoms with Crippen molar-refractivity contribution in [1.29, 1.82) is 0 Å². The number of benzene rings is 2. The van der Waals surface area contributed by atoms with Gasteiger partial charge in [-0.05, 0) is 42.0 Å². The van der Waals surface area contributed by atoms with Crippen LogP contribution in [0.5, 0.6) is 0 Å². The second-order valence-electron chi connectivity index (χ2n) is 6.20. The monoisotopic (exact) mass is 418 g/mol. The van der Waals surface area contributed by atoms with Gasteiger partial charge < -0.3 is 9.84 Å². The smallest absolute Gasteiger partial charge is 0.356 e. The van der Waals surface area contributed by atoms with Gasteiger partial charge in [-0.25, -0.2) is 13.9 Å². The molecule has 0 radical (unpaired) electrons. The number of aromatic carboxylic acids is 1. The standard InChI is InChI=1S/C20H13Cl2FN2O3/c21-13-3-6-17(16(22)8-13)25-19-12(7-11-1-4-14(23)5-2-11)9-28-10-15(19)18(24-25)20(26)27/h1-8H,9-10H2,(H,26,27). The Morgan fingerprint density at radius 1 is 1.18 bits per heavy atom. The number of carbonyl (C=O) groups is 1. The SMILES string of the molecule is O=C(O)c1nn(-c2ccc(Cl)cc2Cl)c2c1COCC2=Cc1ccc(F)cc1. The molecule has 0 fully saturated rings. The van der Waals surface area contributed by atoms with E-state index in [2.05, 4.69) is 5.10 Å². The summed E-state index contributed by atoms with van der Waals surface area (Å²) in [5.74, 6) is -1.50. The zero-order chi connectivity index (χ0) is 19.8. The Hall–Kier alpha value is -2.67. The Kier molecular flexibility index (Phi) is 4.93. The van der Waals surface area contributed by atoms with E-state index in [1.54, 1.807) is 30.3 Å². The Labute approximate surface area is 169 Å². The molecule has 0 unspecified atom stereocenters. The van der Waals surface area contributed by atoms with Crippen molar-refractivity contribution in [2.24, 2.45) is 0 Å². The number of carboxylic acid groups (broad SMARTS) is 1. The first kappa shape index (κ1) is 18.7. The maximum atomic E-state index is 13.2. The van der Waals surface area contributed by atoms with Crippen molar-refractivity contribution in [2.45, 2.75) is 6.61 Å². The lowest BCUT2D eigenvalue weighted by Gasteiger charge is -2.19. The van der Waals surface area contributed by atoms with Gasteiger partial charge in [-0.3, -0.25) is 0 Å². The highest BCUT2D eigenvalue weighted by Crippen LogP contribution is 2.34. The molecule has 1 aliphatic heterocycles. The van der Waals surface area contributed by atoms with Crippen molar-refractivity contribution in [2.75, 3.05) is 6.61 Å². The molecule has 0 aliphatic carbocycles. The predicted octanol–water partition coefficient (Wildman–Crippen LogP) is 5.09. The maximum absolute atomic E-state index is 13.2. The third-order valence-corrected chi connectivity index (χ3v) is 4.88. The van der Waals surface area contributed by atoms with E-state index in [1.165, 1.54) is 16.8 Å². The van der Waals surface area contributed by atoms with E-state index in [0.717, 1.165) is 5.56 Å². The third kappa shape index (κ3) is 3.42. The molecule has 1 aromatic heterocycles. The van der Waals surface area contributed by atoms with Crippen LogP contribution in [0.25, 0.3) is 17.3 Å². The minimum absolute atomic E-state index is 0.106. The van der Waals surface area contributed by atoms with Gasteiger partial charge in [0.1, 0.15) is 5.82 Å². The minimum atomic E-state index is -1.16. The molecule has 142 valence electrons. The highest BCUT2D eigenvalue weighted by molar-refractivity contribution is 6.35. The zero-order valence-electron chi connectivity index (χ0n) is 14.3. The van der Waals surface area contributed by atoms with Crippen molar-refractivity contribution < 1.29 is 19.0 Å². The molecule has 0 amide bonds. The number of aromatic nitrogens is 2. The molecule has 0 saturated heterocycles. The lowest BCUT2D eigenvalue weighted by Crippen LogP contribution is -2.13. The first-order chi connectivity index (χ1) is 13.4. The van der Waals surface area contributed by atoms with E-state index in [-0.39, 0.29) is 24.7 Å². The van der Waals surface area contributed by atoms with Crippen LogP contribution in [-0.4, -0.2) is 27.5 Å². The Balaban J connectivity index is 1.94. The third-order valence-electron chi connectivity index (χ3n) is 4.34. The fourth-order valence-electron chi connectivity index (χ4n) is 3.12. The van der Waals surface area contributed by atoms with Crippen LogP contribution in [0.2, 0.25) is 10.0 Å². The summed E-state index contributed by atoms with van der Waals surface area (Å²) in [7, 11) is 0. The first-order valence-electron chi connectivity index (χ1n) is 8.29. The van der Waals surface area contributed by atoms with Crippen LogP contribution in [0.4, 0.5) is 4.39 Å². The number of fused-ring (bicyclic) bond motifs is 1. The molecular formula is C20H13Cl2FN2O3. The number of rotatable bonds is 3. The molecule has 1 aliphatic rings. The van der Waals surface area contributed by atoms with Crippen molar-refractivity contribution in [3.8, 4) is 5.69 Å². The molecule has 28 heavy (non-hydrogen) atoms. The predicted molar refractivity (Wildman–Crippen MR) is 104 cm³/mol. The molecule has 4 rings (SSSR count). The maximum Gasteiger partial charge on any atom is 0.356 e. The number of hydrogen-bond donors (Lipinski definition) is 1. The average molecular weight is 419 g/mol. The number of carboxylic acids is 1. The van der Waals surface area contributed by atoms with Gasteiger partial charge in [0.05, 0.1) is 29.6 Å². The lowest BCUT2D eigenvalue weighted by molar-refractivity contribution is 0.0683. The van der Waals surface area contributed by atoms with E-state index in [4.69, 9.17) is 27.9 Å². The normalized spacial score (nSPS) is 14.9. The number of hydrogen-bond acceptors (Lipinski definition) is 3. The lowest BCUT2D eigenvalue weighted by atomic mass is 10.0. The fraction of sp³-hybridized carbons (Fsp3) is 0.100. The van der Waals surface area contributed by atoms with E-state index in [1.807, 2.05) is 6.08 Å². The second kappa shape index (κ2) is 7.39. The number of halogens is 3. The average Bonchev–Trinajstić information content (AvgIpc) is 3.04. The first-order valence-corrected chi connectivity index (χ1v) is 9.04. The van der Waals surface area contributed by atoms with Gasteiger partial charge in [0, 0.05) is 16.2 Å². The summed E-state index contributed by atoms with van der Waals surface area (Å²) >= 11 is 12.3. The molecule has 3 aromatic rings. The quantitative estimate of drug-likeness (QED) is 0.643. The van der Waals surface area contributed by atoms with Gasteiger partial charge in [-0.15, -0.1) is 0 Å². The molecule has 8 heteroatoms. The van der Waals surface area contributed by atoms with Gasteiger partial charge >= 0.3 is 5.97 Å². The van der Waals surface area contributed by atoms with Gasteiger partial charge in [-0.1, -0.05) is 35.3 Å². The van der Waals surface area contributed by atoms with Gasteiger partial charge in [0.25, 0.3) is 0 Å². The summed E-state index contributed by atoms with van der Waals surface area (Å²) in [6, 6.07) is 10.9. The van der Waals surface area contributed by atoms with Crippen LogP contribution in [0.1, 0.15) is 27.3 Å². The van der Waals surface area contributed by atoms with Crippen molar-refractivity contribution >= 4 is 40.8 Å². The molecule has 1 N–H and O–H groups in total. The van der Waals surface area contributed by atoms with Gasteiger partial charge in [-0.2, -0.15) is 5.10 Å². The molecule has 2 heterocycles. The number of nitrogens with zero attached hydrogens (tertiary/aromatic N) is 2. The molecule has 0 saturated carbocycles. The molecule has 0 spiro atoms. The Morgan fingerprint density at radius 2 is 1.93 bits per heavy atom. The zero-order valence-corrected chi connectivity index (χ0v) is 15.8. The van der Waals surface area contributed by atoms with Crippen LogP contribution in [0.15, 0.2) is 42.5 Å². The van der Waals surface area contributed by atoms with E-state index >= 15 is 0 Å². The summed E-state index contributed by atoms with van der Waals surface area (Å²) in [5, 5.41) is 14.6. The Morgan fingerprint density at radius 3 is 2.61 bits per heavy atom. The summed E-state index contributed by atoms with van der Waals surface area (Å²) < 4.78 is 20.3. The van der Waals surface area contributed by atoms with Crippen LogP contribution >= 0.6 is 23.2 Å². The molecule has 0 bridgehead atoms. The van der Waals surface area contributed by atoms with Crippen molar-refractivity contribution in [3.05, 3.63) is 80.8 Å². The fourth-order valence-corrected chi connectivity index (χ4v) is 3.61. The Bertz CT molecular complexity index is 1110. The van der Waals surface area contributed by atoms with E-state index in [9.17, 15) is 14.3 Å². The highest BCUT2D eigenvalue weighted by atomic mass is 35.5. The van der Waals surface area contributed by atoms with E-state index < -0.39 is 5.97 Å². The van der Waals surface area contributed by atoms with Crippen molar-refractivity contribution in [3.63, 3.8) is 0 Å². The highest BCUT2D eigenvalue weighted by Gasteiger charge is 2.29. The summed E-state index contributed by atoms with van der Waals surface area (Å²) in [5.41, 5.74) is 2.90. The van der Waals surface area contributed by atoms with Crippen LogP contribution in [0.3, 0.4) is 0 Å². The van der Waals surface area contributed by atoms with E-state index in [0.29, 0.717) is 32.6 Å². The summed E-state index contributed by atoms with van der Waals surface area (Å²) in [4.78, 5) is 11.7.